The Morgan fingerprint density at radius 1 is 1.19 bits per heavy atom. The summed E-state index contributed by atoms with van der Waals surface area (Å²) in [5.41, 5.74) is 1.53. The molecule has 144 valence electrons. The Balaban J connectivity index is 1.45. The minimum Gasteiger partial charge on any atom is -0.479 e. The maximum absolute atomic E-state index is 12.4. The molecule has 9 nitrogen and oxygen atoms in total. The Kier molecular flexibility index (Phi) is 6.02. The second-order valence-corrected chi connectivity index (χ2v) is 6.42. The number of piperazine rings is 1. The summed E-state index contributed by atoms with van der Waals surface area (Å²) in [5, 5.41) is 6.69. The number of ether oxygens (including phenoxy) is 1. The maximum atomic E-state index is 12.4. The summed E-state index contributed by atoms with van der Waals surface area (Å²) in [6.45, 7) is 3.71. The third-order valence-corrected chi connectivity index (χ3v) is 4.51. The quantitative estimate of drug-likeness (QED) is 0.761. The van der Waals surface area contributed by atoms with E-state index in [0.717, 1.165) is 19.6 Å². The SMILES string of the molecule is COc1nn(C)cc1C(=O)NCC(=O)N1CCN(Cc2ccncc2)CC1. The van der Waals surface area contributed by atoms with Crippen molar-refractivity contribution in [1.82, 2.24) is 29.9 Å². The average Bonchev–Trinajstić information content (AvgIpc) is 3.08. The van der Waals surface area contributed by atoms with E-state index in [9.17, 15) is 9.59 Å². The summed E-state index contributed by atoms with van der Waals surface area (Å²) in [5.74, 6) is -0.216. The van der Waals surface area contributed by atoms with Gasteiger partial charge in [0.05, 0.1) is 13.7 Å². The number of methoxy groups -OCH3 is 1. The molecule has 1 aliphatic rings. The number of aromatic nitrogens is 3. The molecular weight excluding hydrogens is 348 g/mol. The lowest BCUT2D eigenvalue weighted by atomic mass is 10.2. The van der Waals surface area contributed by atoms with Crippen molar-refractivity contribution in [3.63, 3.8) is 0 Å². The van der Waals surface area contributed by atoms with Gasteiger partial charge in [0.25, 0.3) is 5.91 Å². The molecule has 0 atom stereocenters. The van der Waals surface area contributed by atoms with Crippen LogP contribution < -0.4 is 10.1 Å². The van der Waals surface area contributed by atoms with Crippen LogP contribution in [0.5, 0.6) is 5.88 Å². The molecular formula is C18H24N6O3. The molecule has 3 heterocycles. The first kappa shape index (κ1) is 18.8. The van der Waals surface area contributed by atoms with E-state index >= 15 is 0 Å². The van der Waals surface area contributed by atoms with E-state index in [1.54, 1.807) is 30.5 Å². The zero-order valence-corrected chi connectivity index (χ0v) is 15.6. The van der Waals surface area contributed by atoms with Crippen molar-refractivity contribution < 1.29 is 14.3 Å². The lowest BCUT2D eigenvalue weighted by Gasteiger charge is -2.34. The molecule has 2 aromatic rings. The number of carbonyl (C=O) groups is 2. The van der Waals surface area contributed by atoms with Crippen molar-refractivity contribution in [2.45, 2.75) is 6.54 Å². The number of hydrogen-bond acceptors (Lipinski definition) is 6. The highest BCUT2D eigenvalue weighted by molar-refractivity contribution is 5.98. The van der Waals surface area contributed by atoms with Crippen molar-refractivity contribution >= 4 is 11.8 Å². The molecule has 0 aliphatic carbocycles. The Morgan fingerprint density at radius 3 is 2.56 bits per heavy atom. The normalized spacial score (nSPS) is 14.8. The van der Waals surface area contributed by atoms with Crippen molar-refractivity contribution in [2.75, 3.05) is 39.8 Å². The second-order valence-electron chi connectivity index (χ2n) is 6.42. The van der Waals surface area contributed by atoms with Crippen LogP contribution in [0.2, 0.25) is 0 Å². The lowest BCUT2D eigenvalue weighted by molar-refractivity contribution is -0.131. The number of rotatable bonds is 6. The van der Waals surface area contributed by atoms with Gasteiger partial charge in [-0.1, -0.05) is 0 Å². The van der Waals surface area contributed by atoms with Gasteiger partial charge in [-0.25, -0.2) is 0 Å². The molecule has 0 aromatic carbocycles. The van der Waals surface area contributed by atoms with Crippen LogP contribution in [0.4, 0.5) is 0 Å². The smallest absolute Gasteiger partial charge is 0.258 e. The van der Waals surface area contributed by atoms with E-state index < -0.39 is 0 Å². The summed E-state index contributed by atoms with van der Waals surface area (Å²) in [6, 6.07) is 4.00. The number of nitrogens with zero attached hydrogens (tertiary/aromatic N) is 5. The van der Waals surface area contributed by atoms with E-state index in [-0.39, 0.29) is 24.2 Å². The van der Waals surface area contributed by atoms with Crippen LogP contribution in [0.3, 0.4) is 0 Å². The topological polar surface area (TPSA) is 92.6 Å². The highest BCUT2D eigenvalue weighted by atomic mass is 16.5. The molecule has 1 aliphatic heterocycles. The Bertz CT molecular complexity index is 784. The molecule has 3 rings (SSSR count). The van der Waals surface area contributed by atoms with Crippen LogP contribution in [-0.4, -0.2) is 76.2 Å². The first-order chi connectivity index (χ1) is 13.1. The van der Waals surface area contributed by atoms with Crippen LogP contribution in [0.15, 0.2) is 30.7 Å². The van der Waals surface area contributed by atoms with Crippen LogP contribution in [0, 0.1) is 0 Å². The van der Waals surface area contributed by atoms with Gasteiger partial charge in [0, 0.05) is 58.4 Å². The van der Waals surface area contributed by atoms with Crippen molar-refractivity contribution in [3.05, 3.63) is 41.9 Å². The van der Waals surface area contributed by atoms with Gasteiger partial charge in [0.1, 0.15) is 5.56 Å². The van der Waals surface area contributed by atoms with Crippen molar-refractivity contribution in [3.8, 4) is 5.88 Å². The molecule has 9 heteroatoms. The fraction of sp³-hybridized carbons (Fsp3) is 0.444. The summed E-state index contributed by atoms with van der Waals surface area (Å²) in [4.78, 5) is 32.8. The molecule has 27 heavy (non-hydrogen) atoms. The molecule has 0 unspecified atom stereocenters. The predicted molar refractivity (Wildman–Crippen MR) is 98.2 cm³/mol. The summed E-state index contributed by atoms with van der Waals surface area (Å²) in [7, 11) is 3.16. The minimum atomic E-state index is -0.371. The second kappa shape index (κ2) is 8.63. The maximum Gasteiger partial charge on any atom is 0.258 e. The molecule has 0 bridgehead atoms. The standard InChI is InChI=1S/C18H24N6O3/c1-22-13-15(18(21-22)27-2)17(26)20-11-16(25)24-9-7-23(8-10-24)12-14-3-5-19-6-4-14/h3-6,13H,7-12H2,1-2H3,(H,20,26). The van der Waals surface area contributed by atoms with Gasteiger partial charge in [-0.2, -0.15) is 0 Å². The Hall–Kier alpha value is -2.94. The van der Waals surface area contributed by atoms with E-state index in [4.69, 9.17) is 4.74 Å². The van der Waals surface area contributed by atoms with Crippen molar-refractivity contribution in [2.24, 2.45) is 7.05 Å². The lowest BCUT2D eigenvalue weighted by Crippen LogP contribution is -2.50. The van der Waals surface area contributed by atoms with Crippen LogP contribution in [0.25, 0.3) is 0 Å². The molecule has 1 fully saturated rings. The van der Waals surface area contributed by atoms with Gasteiger partial charge in [-0.05, 0) is 17.7 Å². The zero-order valence-electron chi connectivity index (χ0n) is 15.6. The molecule has 2 amide bonds. The number of hydrogen-bond donors (Lipinski definition) is 1. The van der Waals surface area contributed by atoms with Crippen molar-refractivity contribution in [1.29, 1.82) is 0 Å². The number of aryl methyl sites for hydroxylation is 1. The van der Waals surface area contributed by atoms with Gasteiger partial charge in [-0.3, -0.25) is 24.2 Å². The zero-order chi connectivity index (χ0) is 19.2. The summed E-state index contributed by atoms with van der Waals surface area (Å²) < 4.78 is 6.57. The molecule has 1 N–H and O–H groups in total. The fourth-order valence-electron chi connectivity index (χ4n) is 3.04. The monoisotopic (exact) mass is 372 g/mol. The van der Waals surface area contributed by atoms with E-state index in [1.165, 1.54) is 17.4 Å². The summed E-state index contributed by atoms with van der Waals surface area (Å²) in [6.07, 6.45) is 5.14. The molecule has 0 spiro atoms. The van der Waals surface area contributed by atoms with Gasteiger partial charge in [0.15, 0.2) is 0 Å². The van der Waals surface area contributed by atoms with Gasteiger partial charge >= 0.3 is 0 Å². The third kappa shape index (κ3) is 4.82. The Morgan fingerprint density at radius 2 is 1.89 bits per heavy atom. The molecule has 1 saturated heterocycles. The number of pyridine rings is 1. The molecule has 0 saturated carbocycles. The highest BCUT2D eigenvalue weighted by Crippen LogP contribution is 2.14. The fourth-order valence-corrected chi connectivity index (χ4v) is 3.04. The largest absolute Gasteiger partial charge is 0.479 e. The molecule has 2 aromatic heterocycles. The first-order valence-corrected chi connectivity index (χ1v) is 8.81. The predicted octanol–water partition coefficient (Wildman–Crippen LogP) is -0.102. The number of carbonyl (C=O) groups excluding carboxylic acids is 2. The van der Waals surface area contributed by atoms with Gasteiger partial charge < -0.3 is 15.0 Å². The Labute approximate surface area is 157 Å². The number of amides is 2. The van der Waals surface area contributed by atoms with Crippen LogP contribution >= 0.6 is 0 Å². The summed E-state index contributed by atoms with van der Waals surface area (Å²) >= 11 is 0. The van der Waals surface area contributed by atoms with Crippen LogP contribution in [-0.2, 0) is 18.4 Å². The van der Waals surface area contributed by atoms with E-state index in [0.29, 0.717) is 18.7 Å². The third-order valence-electron chi connectivity index (χ3n) is 4.51. The van der Waals surface area contributed by atoms with Gasteiger partial charge in [-0.15, -0.1) is 5.10 Å². The molecule has 0 radical (unpaired) electrons. The van der Waals surface area contributed by atoms with Gasteiger partial charge in [0.2, 0.25) is 11.8 Å². The average molecular weight is 372 g/mol. The number of nitrogens with one attached hydrogen (secondary N) is 1. The minimum absolute atomic E-state index is 0.0404. The van der Waals surface area contributed by atoms with E-state index in [2.05, 4.69) is 20.3 Å². The first-order valence-electron chi connectivity index (χ1n) is 8.81. The van der Waals surface area contributed by atoms with E-state index in [1.807, 2.05) is 12.1 Å². The highest BCUT2D eigenvalue weighted by Gasteiger charge is 2.22. The van der Waals surface area contributed by atoms with Crippen LogP contribution in [0.1, 0.15) is 15.9 Å².